The largest absolute Gasteiger partial charge is 0.372 e. The molecule has 0 spiro atoms. The summed E-state index contributed by atoms with van der Waals surface area (Å²) in [5, 5.41) is 20.2. The Labute approximate surface area is 180 Å². The number of nitriles is 1. The highest BCUT2D eigenvalue weighted by molar-refractivity contribution is 5.32. The van der Waals surface area contributed by atoms with E-state index >= 15 is 0 Å². The lowest BCUT2D eigenvalue weighted by molar-refractivity contribution is 0.259. The van der Waals surface area contributed by atoms with Gasteiger partial charge in [-0.1, -0.05) is 54.6 Å². The van der Waals surface area contributed by atoms with Crippen molar-refractivity contribution in [3.8, 4) is 6.07 Å². The third kappa shape index (κ3) is 5.43. The van der Waals surface area contributed by atoms with Gasteiger partial charge in [0.25, 0.3) is 0 Å². The number of hydrogen-bond acceptors (Lipinski definition) is 4. The van der Waals surface area contributed by atoms with E-state index in [1.165, 1.54) is 35.1 Å². The van der Waals surface area contributed by atoms with Gasteiger partial charge in [0.15, 0.2) is 0 Å². The molecule has 30 heavy (non-hydrogen) atoms. The molecule has 0 bridgehead atoms. The monoisotopic (exact) mass is 400 g/mol. The van der Waals surface area contributed by atoms with Gasteiger partial charge in [0.2, 0.25) is 0 Å². The Morgan fingerprint density at radius 2 is 1.57 bits per heavy atom. The van der Waals surface area contributed by atoms with Crippen LogP contribution in [-0.4, -0.2) is 25.7 Å². The summed E-state index contributed by atoms with van der Waals surface area (Å²) in [5.41, 5.74) is 5.08. The Bertz CT molecular complexity index is 873. The summed E-state index contributed by atoms with van der Waals surface area (Å²) in [5.74, 6) is 1.82. The first-order valence-electron chi connectivity index (χ1n) is 11.2. The Hall–Kier alpha value is -2.77. The SMILES string of the molecule is N#CC/C(Cc1ccc(Cc2ccccc2)cc1)=C1\NCCC(C2CCNCC2)N1. The van der Waals surface area contributed by atoms with E-state index < -0.39 is 0 Å². The predicted octanol–water partition coefficient (Wildman–Crippen LogP) is 3.90. The van der Waals surface area contributed by atoms with Gasteiger partial charge in [-0.3, -0.25) is 0 Å². The van der Waals surface area contributed by atoms with Crippen LogP contribution in [0.5, 0.6) is 0 Å². The number of piperidine rings is 1. The van der Waals surface area contributed by atoms with E-state index in [9.17, 15) is 5.26 Å². The van der Waals surface area contributed by atoms with Gasteiger partial charge >= 0.3 is 0 Å². The zero-order valence-electron chi connectivity index (χ0n) is 17.7. The van der Waals surface area contributed by atoms with Crippen molar-refractivity contribution >= 4 is 0 Å². The quantitative estimate of drug-likeness (QED) is 0.688. The molecule has 0 saturated carbocycles. The number of hydrogen-bond donors (Lipinski definition) is 3. The molecule has 4 nitrogen and oxygen atoms in total. The van der Waals surface area contributed by atoms with Crippen molar-refractivity contribution in [3.05, 3.63) is 82.7 Å². The molecule has 2 heterocycles. The molecule has 0 aliphatic carbocycles. The van der Waals surface area contributed by atoms with E-state index in [0.717, 1.165) is 50.6 Å². The second-order valence-corrected chi connectivity index (χ2v) is 8.52. The van der Waals surface area contributed by atoms with Gasteiger partial charge in [0.05, 0.1) is 18.3 Å². The normalized spacial score (nSPS) is 21.2. The third-order valence-corrected chi connectivity index (χ3v) is 6.38. The van der Waals surface area contributed by atoms with E-state index in [1.54, 1.807) is 0 Å². The highest BCUT2D eigenvalue weighted by Gasteiger charge is 2.27. The molecule has 2 fully saturated rings. The molecule has 2 aromatic rings. The van der Waals surface area contributed by atoms with E-state index in [-0.39, 0.29) is 0 Å². The lowest BCUT2D eigenvalue weighted by Crippen LogP contribution is -2.49. The van der Waals surface area contributed by atoms with Crippen LogP contribution in [0.1, 0.15) is 42.4 Å². The number of benzene rings is 2. The highest BCUT2D eigenvalue weighted by atomic mass is 15.1. The molecule has 2 aromatic carbocycles. The summed E-state index contributed by atoms with van der Waals surface area (Å²) >= 11 is 0. The van der Waals surface area contributed by atoms with Crippen molar-refractivity contribution in [2.45, 2.75) is 44.6 Å². The van der Waals surface area contributed by atoms with Crippen molar-refractivity contribution in [2.24, 2.45) is 5.92 Å². The molecule has 2 saturated heterocycles. The van der Waals surface area contributed by atoms with Crippen molar-refractivity contribution < 1.29 is 0 Å². The van der Waals surface area contributed by atoms with Gasteiger partial charge in [0, 0.05) is 12.6 Å². The third-order valence-electron chi connectivity index (χ3n) is 6.38. The van der Waals surface area contributed by atoms with Crippen LogP contribution in [0.3, 0.4) is 0 Å². The van der Waals surface area contributed by atoms with Crippen LogP contribution in [0, 0.1) is 17.2 Å². The van der Waals surface area contributed by atoms with E-state index in [2.05, 4.69) is 76.6 Å². The van der Waals surface area contributed by atoms with Gasteiger partial charge in [-0.25, -0.2) is 0 Å². The summed E-state index contributed by atoms with van der Waals surface area (Å²) in [6.07, 6.45) is 5.85. The van der Waals surface area contributed by atoms with Crippen molar-refractivity contribution in [1.29, 1.82) is 5.26 Å². The summed E-state index contributed by atoms with van der Waals surface area (Å²) in [7, 11) is 0. The summed E-state index contributed by atoms with van der Waals surface area (Å²) in [4.78, 5) is 0. The van der Waals surface area contributed by atoms with Crippen LogP contribution in [0.4, 0.5) is 0 Å². The zero-order chi connectivity index (χ0) is 20.6. The first kappa shape index (κ1) is 20.5. The molecule has 4 heteroatoms. The second-order valence-electron chi connectivity index (χ2n) is 8.52. The molecule has 0 aromatic heterocycles. The molecule has 0 amide bonds. The van der Waals surface area contributed by atoms with Crippen molar-refractivity contribution in [2.75, 3.05) is 19.6 Å². The first-order chi connectivity index (χ1) is 14.8. The number of nitrogens with one attached hydrogen (secondary N) is 3. The minimum Gasteiger partial charge on any atom is -0.372 e. The molecule has 2 aliphatic rings. The van der Waals surface area contributed by atoms with Gasteiger partial charge in [-0.05, 0) is 73.4 Å². The van der Waals surface area contributed by atoms with Gasteiger partial charge in [0.1, 0.15) is 0 Å². The predicted molar refractivity (Wildman–Crippen MR) is 122 cm³/mol. The van der Waals surface area contributed by atoms with Gasteiger partial charge < -0.3 is 16.0 Å². The van der Waals surface area contributed by atoms with Crippen LogP contribution in [0.15, 0.2) is 66.0 Å². The van der Waals surface area contributed by atoms with Crippen LogP contribution in [-0.2, 0) is 12.8 Å². The Morgan fingerprint density at radius 3 is 2.30 bits per heavy atom. The minimum absolute atomic E-state index is 0.458. The maximum Gasteiger partial charge on any atom is 0.0994 e. The molecular formula is C26H32N4. The first-order valence-corrected chi connectivity index (χ1v) is 11.2. The fourth-order valence-corrected chi connectivity index (χ4v) is 4.68. The maximum atomic E-state index is 9.42. The van der Waals surface area contributed by atoms with E-state index in [0.29, 0.717) is 12.5 Å². The average Bonchev–Trinajstić information content (AvgIpc) is 2.81. The molecule has 0 radical (unpaired) electrons. The molecule has 2 aliphatic heterocycles. The van der Waals surface area contributed by atoms with Crippen LogP contribution in [0.25, 0.3) is 0 Å². The fourth-order valence-electron chi connectivity index (χ4n) is 4.68. The summed E-state index contributed by atoms with van der Waals surface area (Å²) in [6.45, 7) is 3.23. The van der Waals surface area contributed by atoms with Gasteiger partial charge in [-0.15, -0.1) is 0 Å². The summed E-state index contributed by atoms with van der Waals surface area (Å²) in [6, 6.07) is 22.3. The Balaban J connectivity index is 1.44. The molecule has 1 atom stereocenters. The lowest BCUT2D eigenvalue weighted by atomic mass is 9.87. The van der Waals surface area contributed by atoms with E-state index in [1.807, 2.05) is 0 Å². The Kier molecular flexibility index (Phi) is 7.05. The molecular weight excluding hydrogens is 368 g/mol. The topological polar surface area (TPSA) is 59.9 Å². The van der Waals surface area contributed by atoms with Crippen molar-refractivity contribution in [3.63, 3.8) is 0 Å². The van der Waals surface area contributed by atoms with Crippen molar-refractivity contribution in [1.82, 2.24) is 16.0 Å². The van der Waals surface area contributed by atoms with Crippen LogP contribution in [0.2, 0.25) is 0 Å². The second kappa shape index (κ2) is 10.3. The van der Waals surface area contributed by atoms with E-state index in [4.69, 9.17) is 0 Å². The molecule has 156 valence electrons. The number of nitrogens with zero attached hydrogens (tertiary/aromatic N) is 1. The number of allylic oxidation sites excluding steroid dienone is 1. The van der Waals surface area contributed by atoms with Crippen LogP contribution >= 0.6 is 0 Å². The van der Waals surface area contributed by atoms with Gasteiger partial charge in [-0.2, -0.15) is 5.26 Å². The Morgan fingerprint density at radius 1 is 0.867 bits per heavy atom. The molecule has 1 unspecified atom stereocenters. The fraction of sp³-hybridized carbons (Fsp3) is 0.423. The molecule has 3 N–H and O–H groups in total. The summed E-state index contributed by atoms with van der Waals surface area (Å²) < 4.78 is 0. The number of rotatable bonds is 6. The standard InChI is InChI=1S/C26H32N4/c27-14-10-24(26-29-17-13-25(30-26)23-11-15-28-16-12-23)19-22-8-6-21(7-9-22)18-20-4-2-1-3-5-20/h1-9,23,25,28-30H,10-13,15-19H2/b26-24-. The molecule has 4 rings (SSSR count). The average molecular weight is 401 g/mol. The smallest absolute Gasteiger partial charge is 0.0994 e. The highest BCUT2D eigenvalue weighted by Crippen LogP contribution is 2.23. The minimum atomic E-state index is 0.458. The lowest BCUT2D eigenvalue weighted by Gasteiger charge is -2.37. The zero-order valence-corrected chi connectivity index (χ0v) is 17.7. The van der Waals surface area contributed by atoms with Crippen LogP contribution < -0.4 is 16.0 Å². The maximum absolute atomic E-state index is 9.42.